The van der Waals surface area contributed by atoms with Gasteiger partial charge in [-0.05, 0) is 19.3 Å². The molecule has 14 heavy (non-hydrogen) atoms. The van der Waals surface area contributed by atoms with E-state index in [0.29, 0.717) is 6.04 Å². The molecular weight excluding hydrogens is 176 g/mol. The first kappa shape index (κ1) is 9.52. The van der Waals surface area contributed by atoms with Crippen molar-refractivity contribution in [1.82, 2.24) is 9.97 Å². The van der Waals surface area contributed by atoms with Crippen LogP contribution in [-0.4, -0.2) is 29.1 Å². The number of nitrogens with two attached hydrogens (primary N) is 1. The second-order valence-electron chi connectivity index (χ2n) is 3.93. The van der Waals surface area contributed by atoms with E-state index in [2.05, 4.69) is 21.8 Å². The molecule has 1 aliphatic rings. The highest BCUT2D eigenvalue weighted by Gasteiger charge is 2.18. The van der Waals surface area contributed by atoms with Gasteiger partial charge in [-0.3, -0.25) is 0 Å². The highest BCUT2D eigenvalue weighted by molar-refractivity contribution is 5.32. The molecular formula is C10H18N4. The van der Waals surface area contributed by atoms with E-state index in [1.54, 1.807) is 0 Å². The third-order valence-corrected chi connectivity index (χ3v) is 2.75. The van der Waals surface area contributed by atoms with Crippen LogP contribution in [0.2, 0.25) is 0 Å². The van der Waals surface area contributed by atoms with Gasteiger partial charge in [-0.25, -0.2) is 4.98 Å². The molecule has 0 saturated carbocycles. The molecule has 1 saturated heterocycles. The van der Waals surface area contributed by atoms with Crippen LogP contribution in [0.25, 0.3) is 0 Å². The Kier molecular flexibility index (Phi) is 2.72. The Bertz CT molecular complexity index is 294. The standard InChI is InChI=1S/C10H18N4/c1-2-9-6-12-10(13-9)14-5-3-4-8(11)7-14/h6,8H,2-5,7,11H2,1H3,(H,12,13). The molecule has 1 fully saturated rings. The Morgan fingerprint density at radius 3 is 3.21 bits per heavy atom. The smallest absolute Gasteiger partial charge is 0.203 e. The number of hydrogen-bond acceptors (Lipinski definition) is 3. The minimum absolute atomic E-state index is 0.305. The second kappa shape index (κ2) is 4.00. The lowest BCUT2D eigenvalue weighted by atomic mass is 10.1. The normalized spacial score (nSPS) is 22.7. The van der Waals surface area contributed by atoms with Crippen molar-refractivity contribution in [2.45, 2.75) is 32.2 Å². The molecule has 2 heterocycles. The Morgan fingerprint density at radius 2 is 2.57 bits per heavy atom. The molecule has 0 amide bonds. The van der Waals surface area contributed by atoms with E-state index in [1.807, 2.05) is 6.20 Å². The zero-order chi connectivity index (χ0) is 9.97. The van der Waals surface area contributed by atoms with Gasteiger partial charge >= 0.3 is 0 Å². The average molecular weight is 194 g/mol. The monoisotopic (exact) mass is 194 g/mol. The molecule has 0 aliphatic carbocycles. The highest BCUT2D eigenvalue weighted by atomic mass is 15.3. The molecule has 1 aliphatic heterocycles. The van der Waals surface area contributed by atoms with Gasteiger partial charge in [0.15, 0.2) is 0 Å². The first-order valence-electron chi connectivity index (χ1n) is 5.34. The average Bonchev–Trinajstić information content (AvgIpc) is 2.66. The van der Waals surface area contributed by atoms with Crippen LogP contribution in [0.5, 0.6) is 0 Å². The van der Waals surface area contributed by atoms with E-state index in [0.717, 1.165) is 31.9 Å². The number of aryl methyl sites for hydroxylation is 1. The van der Waals surface area contributed by atoms with Crippen molar-refractivity contribution < 1.29 is 0 Å². The van der Waals surface area contributed by atoms with Crippen LogP contribution < -0.4 is 10.6 Å². The molecule has 1 atom stereocenters. The maximum Gasteiger partial charge on any atom is 0.203 e. The van der Waals surface area contributed by atoms with E-state index < -0.39 is 0 Å². The van der Waals surface area contributed by atoms with Crippen LogP contribution in [0.4, 0.5) is 5.95 Å². The first-order valence-corrected chi connectivity index (χ1v) is 5.34. The lowest BCUT2D eigenvalue weighted by Crippen LogP contribution is -2.43. The Hall–Kier alpha value is -1.03. The van der Waals surface area contributed by atoms with Crippen molar-refractivity contribution in [3.8, 4) is 0 Å². The zero-order valence-electron chi connectivity index (χ0n) is 8.66. The van der Waals surface area contributed by atoms with Gasteiger partial charge in [0.25, 0.3) is 0 Å². The number of piperidine rings is 1. The topological polar surface area (TPSA) is 57.9 Å². The molecule has 1 aromatic rings. The van der Waals surface area contributed by atoms with Crippen LogP contribution in [0.1, 0.15) is 25.5 Å². The number of nitrogens with one attached hydrogen (secondary N) is 1. The second-order valence-corrected chi connectivity index (χ2v) is 3.93. The summed E-state index contributed by atoms with van der Waals surface area (Å²) in [5, 5.41) is 0. The van der Waals surface area contributed by atoms with Gasteiger partial charge < -0.3 is 15.6 Å². The van der Waals surface area contributed by atoms with Gasteiger partial charge in [0, 0.05) is 24.8 Å². The third-order valence-electron chi connectivity index (χ3n) is 2.75. The summed E-state index contributed by atoms with van der Waals surface area (Å²) >= 11 is 0. The maximum atomic E-state index is 5.92. The number of aromatic amines is 1. The molecule has 4 nitrogen and oxygen atoms in total. The number of nitrogens with zero attached hydrogens (tertiary/aromatic N) is 2. The SMILES string of the molecule is CCc1cnc(N2CCCC(N)C2)[nH]1. The lowest BCUT2D eigenvalue weighted by molar-refractivity contribution is 0.500. The Labute approximate surface area is 84.5 Å². The summed E-state index contributed by atoms with van der Waals surface area (Å²) in [6.45, 7) is 4.13. The van der Waals surface area contributed by atoms with Crippen molar-refractivity contribution in [3.63, 3.8) is 0 Å². The fraction of sp³-hybridized carbons (Fsp3) is 0.700. The molecule has 4 heteroatoms. The molecule has 0 radical (unpaired) electrons. The fourth-order valence-electron chi connectivity index (χ4n) is 1.89. The van der Waals surface area contributed by atoms with Crippen molar-refractivity contribution in [2.75, 3.05) is 18.0 Å². The third kappa shape index (κ3) is 1.90. The van der Waals surface area contributed by atoms with Crippen LogP contribution >= 0.6 is 0 Å². The number of H-pyrrole nitrogens is 1. The van der Waals surface area contributed by atoms with E-state index in [4.69, 9.17) is 5.73 Å². The molecule has 0 spiro atoms. The van der Waals surface area contributed by atoms with Gasteiger partial charge in [-0.1, -0.05) is 6.92 Å². The number of anilines is 1. The summed E-state index contributed by atoms with van der Waals surface area (Å²) in [6, 6.07) is 0.305. The summed E-state index contributed by atoms with van der Waals surface area (Å²) in [6.07, 6.45) is 5.23. The fourth-order valence-corrected chi connectivity index (χ4v) is 1.89. The summed E-state index contributed by atoms with van der Waals surface area (Å²) < 4.78 is 0. The van der Waals surface area contributed by atoms with Gasteiger partial charge in [0.1, 0.15) is 0 Å². The summed E-state index contributed by atoms with van der Waals surface area (Å²) in [5.41, 5.74) is 7.11. The number of aromatic nitrogens is 2. The molecule has 1 aromatic heterocycles. The van der Waals surface area contributed by atoms with Crippen LogP contribution in [0.15, 0.2) is 6.20 Å². The van der Waals surface area contributed by atoms with E-state index in [1.165, 1.54) is 12.1 Å². The van der Waals surface area contributed by atoms with Gasteiger partial charge in [0.05, 0.1) is 6.20 Å². The molecule has 0 aromatic carbocycles. The van der Waals surface area contributed by atoms with Gasteiger partial charge in [-0.15, -0.1) is 0 Å². The van der Waals surface area contributed by atoms with Gasteiger partial charge in [-0.2, -0.15) is 0 Å². The molecule has 0 bridgehead atoms. The van der Waals surface area contributed by atoms with Crippen molar-refractivity contribution >= 4 is 5.95 Å². The Balaban J connectivity index is 2.06. The zero-order valence-corrected chi connectivity index (χ0v) is 8.66. The number of hydrogen-bond donors (Lipinski definition) is 2. The van der Waals surface area contributed by atoms with Crippen LogP contribution in [-0.2, 0) is 6.42 Å². The largest absolute Gasteiger partial charge is 0.341 e. The highest BCUT2D eigenvalue weighted by Crippen LogP contribution is 2.15. The maximum absolute atomic E-state index is 5.92. The minimum Gasteiger partial charge on any atom is -0.341 e. The quantitative estimate of drug-likeness (QED) is 0.735. The Morgan fingerprint density at radius 1 is 1.71 bits per heavy atom. The number of imidazole rings is 1. The predicted octanol–water partition coefficient (Wildman–Crippen LogP) is 0.900. The summed E-state index contributed by atoms with van der Waals surface area (Å²) in [5.74, 6) is 0.983. The summed E-state index contributed by atoms with van der Waals surface area (Å²) in [7, 11) is 0. The predicted molar refractivity (Wildman–Crippen MR) is 57.4 cm³/mol. The molecule has 78 valence electrons. The van der Waals surface area contributed by atoms with Crippen molar-refractivity contribution in [3.05, 3.63) is 11.9 Å². The first-order chi connectivity index (χ1) is 6.79. The molecule has 3 N–H and O–H groups in total. The van der Waals surface area contributed by atoms with Gasteiger partial charge in [0.2, 0.25) is 5.95 Å². The minimum atomic E-state index is 0.305. The lowest BCUT2D eigenvalue weighted by Gasteiger charge is -2.30. The number of rotatable bonds is 2. The van der Waals surface area contributed by atoms with Crippen molar-refractivity contribution in [1.29, 1.82) is 0 Å². The molecule has 2 rings (SSSR count). The van der Waals surface area contributed by atoms with Crippen molar-refractivity contribution in [2.24, 2.45) is 5.73 Å². The van der Waals surface area contributed by atoms with E-state index in [9.17, 15) is 0 Å². The summed E-state index contributed by atoms with van der Waals surface area (Å²) in [4.78, 5) is 9.92. The molecule has 1 unspecified atom stereocenters. The van der Waals surface area contributed by atoms with E-state index in [-0.39, 0.29) is 0 Å². The van der Waals surface area contributed by atoms with Crippen LogP contribution in [0.3, 0.4) is 0 Å². The van der Waals surface area contributed by atoms with Crippen LogP contribution in [0, 0.1) is 0 Å². The van der Waals surface area contributed by atoms with E-state index >= 15 is 0 Å².